The van der Waals surface area contributed by atoms with Gasteiger partial charge in [0.15, 0.2) is 0 Å². The number of amides is 2. The van der Waals surface area contributed by atoms with Gasteiger partial charge in [-0.2, -0.15) is 0 Å². The molecule has 0 aromatic rings. The van der Waals surface area contributed by atoms with Crippen molar-refractivity contribution in [3.63, 3.8) is 0 Å². The molecule has 0 spiro atoms. The number of nitrogens with zero attached hydrogens (tertiary/aromatic N) is 1. The molecule has 0 aromatic carbocycles. The quantitative estimate of drug-likeness (QED) is 0.545. The fourth-order valence-corrected chi connectivity index (χ4v) is 1.76. The number of urea groups is 1. The van der Waals surface area contributed by atoms with Crippen molar-refractivity contribution in [3.05, 3.63) is 0 Å². The van der Waals surface area contributed by atoms with Crippen molar-refractivity contribution in [2.24, 2.45) is 0 Å². The molecular formula is C11H23N3O2. The van der Waals surface area contributed by atoms with Crippen molar-refractivity contribution < 1.29 is 9.90 Å². The second kappa shape index (κ2) is 6.06. The Morgan fingerprint density at radius 1 is 1.50 bits per heavy atom. The molecule has 1 fully saturated rings. The normalized spacial score (nSPS) is 16.7. The van der Waals surface area contributed by atoms with Gasteiger partial charge in [-0.1, -0.05) is 13.8 Å². The summed E-state index contributed by atoms with van der Waals surface area (Å²) in [6.07, 6.45) is 1.50. The monoisotopic (exact) mass is 229 g/mol. The maximum absolute atomic E-state index is 11.2. The summed E-state index contributed by atoms with van der Waals surface area (Å²) < 4.78 is 0. The molecule has 1 saturated heterocycles. The second-order valence-electron chi connectivity index (χ2n) is 4.33. The van der Waals surface area contributed by atoms with E-state index < -0.39 is 5.60 Å². The van der Waals surface area contributed by atoms with Crippen LogP contribution >= 0.6 is 0 Å². The Bertz CT molecular complexity index is 229. The molecule has 0 aliphatic carbocycles. The van der Waals surface area contributed by atoms with Crippen molar-refractivity contribution in [2.75, 3.05) is 32.7 Å². The van der Waals surface area contributed by atoms with Crippen molar-refractivity contribution in [1.29, 1.82) is 0 Å². The predicted octanol–water partition coefficient (Wildman–Crippen LogP) is 0.152. The van der Waals surface area contributed by atoms with E-state index in [0.717, 1.165) is 32.5 Å². The Balaban J connectivity index is 2.13. The first-order chi connectivity index (χ1) is 7.61. The maximum Gasteiger partial charge on any atom is 0.317 e. The van der Waals surface area contributed by atoms with Crippen LogP contribution in [0.4, 0.5) is 4.79 Å². The number of hydrogen-bond donors (Lipinski definition) is 3. The van der Waals surface area contributed by atoms with Gasteiger partial charge in [0, 0.05) is 32.7 Å². The zero-order valence-corrected chi connectivity index (χ0v) is 10.3. The molecule has 16 heavy (non-hydrogen) atoms. The van der Waals surface area contributed by atoms with E-state index >= 15 is 0 Å². The topological polar surface area (TPSA) is 64.6 Å². The van der Waals surface area contributed by atoms with Crippen LogP contribution in [-0.4, -0.2) is 54.4 Å². The minimum atomic E-state index is -0.604. The molecule has 1 aliphatic rings. The number of aliphatic hydroxyl groups is 1. The lowest BCUT2D eigenvalue weighted by molar-refractivity contribution is 0.0325. The number of carbonyl (C=O) groups excluding carboxylic acids is 1. The third-order valence-electron chi connectivity index (χ3n) is 3.27. The van der Waals surface area contributed by atoms with Crippen LogP contribution in [0.5, 0.6) is 0 Å². The molecule has 0 bridgehead atoms. The van der Waals surface area contributed by atoms with Gasteiger partial charge < -0.3 is 20.6 Å². The fourth-order valence-electron chi connectivity index (χ4n) is 1.76. The van der Waals surface area contributed by atoms with Gasteiger partial charge in [-0.15, -0.1) is 0 Å². The van der Waals surface area contributed by atoms with Gasteiger partial charge in [0.25, 0.3) is 0 Å². The van der Waals surface area contributed by atoms with E-state index in [0.29, 0.717) is 13.1 Å². The fraction of sp³-hybridized carbons (Fsp3) is 0.909. The summed E-state index contributed by atoms with van der Waals surface area (Å²) in [5.41, 5.74) is -0.604. The van der Waals surface area contributed by atoms with Gasteiger partial charge in [0.05, 0.1) is 5.60 Å². The highest BCUT2D eigenvalue weighted by atomic mass is 16.3. The van der Waals surface area contributed by atoms with Crippen LogP contribution in [0.2, 0.25) is 0 Å². The van der Waals surface area contributed by atoms with Crippen LogP contribution in [0, 0.1) is 0 Å². The van der Waals surface area contributed by atoms with Crippen molar-refractivity contribution in [3.8, 4) is 0 Å². The third-order valence-corrected chi connectivity index (χ3v) is 3.27. The van der Waals surface area contributed by atoms with E-state index in [-0.39, 0.29) is 6.03 Å². The highest BCUT2D eigenvalue weighted by Gasteiger charge is 2.22. The number of hydrogen-bond acceptors (Lipinski definition) is 3. The van der Waals surface area contributed by atoms with Crippen LogP contribution in [0.15, 0.2) is 0 Å². The largest absolute Gasteiger partial charge is 0.389 e. The number of rotatable bonds is 7. The summed E-state index contributed by atoms with van der Waals surface area (Å²) in [6, 6.07) is 0.0167. The van der Waals surface area contributed by atoms with Gasteiger partial charge in [-0.25, -0.2) is 4.79 Å². The summed E-state index contributed by atoms with van der Waals surface area (Å²) in [6.45, 7) is 7.53. The summed E-state index contributed by atoms with van der Waals surface area (Å²) >= 11 is 0. The lowest BCUT2D eigenvalue weighted by Gasteiger charge is -2.26. The molecule has 0 saturated carbocycles. The average molecular weight is 229 g/mol. The van der Waals surface area contributed by atoms with E-state index in [1.807, 2.05) is 13.8 Å². The molecule has 94 valence electrons. The van der Waals surface area contributed by atoms with Crippen LogP contribution in [0.25, 0.3) is 0 Å². The van der Waals surface area contributed by atoms with E-state index in [2.05, 4.69) is 10.6 Å². The first kappa shape index (κ1) is 13.3. The molecule has 1 rings (SSSR count). The van der Waals surface area contributed by atoms with Gasteiger partial charge in [0.2, 0.25) is 0 Å². The summed E-state index contributed by atoms with van der Waals surface area (Å²) in [4.78, 5) is 13.0. The Hall–Kier alpha value is -0.810. The highest BCUT2D eigenvalue weighted by molar-refractivity contribution is 5.76. The Morgan fingerprint density at radius 2 is 2.19 bits per heavy atom. The summed E-state index contributed by atoms with van der Waals surface area (Å²) in [5, 5.41) is 16.0. The summed E-state index contributed by atoms with van der Waals surface area (Å²) in [7, 11) is 0. The number of carbonyl (C=O) groups is 1. The molecule has 5 heteroatoms. The molecule has 3 N–H and O–H groups in total. The molecule has 0 radical (unpaired) electrons. The highest BCUT2D eigenvalue weighted by Crippen LogP contribution is 2.12. The van der Waals surface area contributed by atoms with Crippen LogP contribution in [-0.2, 0) is 0 Å². The first-order valence-electron chi connectivity index (χ1n) is 6.07. The zero-order valence-electron chi connectivity index (χ0n) is 10.3. The van der Waals surface area contributed by atoms with E-state index in [4.69, 9.17) is 0 Å². The Kier molecular flexibility index (Phi) is 5.02. The summed E-state index contributed by atoms with van der Waals surface area (Å²) in [5.74, 6) is 0. The maximum atomic E-state index is 11.2. The third kappa shape index (κ3) is 3.64. The predicted molar refractivity (Wildman–Crippen MR) is 63.4 cm³/mol. The molecular weight excluding hydrogens is 206 g/mol. The van der Waals surface area contributed by atoms with E-state index in [9.17, 15) is 9.90 Å². The molecule has 0 unspecified atom stereocenters. The minimum Gasteiger partial charge on any atom is -0.389 e. The lowest BCUT2D eigenvalue weighted by Crippen LogP contribution is -2.42. The molecule has 1 aliphatic heterocycles. The van der Waals surface area contributed by atoms with Crippen molar-refractivity contribution in [1.82, 2.24) is 15.5 Å². The smallest absolute Gasteiger partial charge is 0.317 e. The van der Waals surface area contributed by atoms with E-state index in [1.165, 1.54) is 0 Å². The van der Waals surface area contributed by atoms with Gasteiger partial charge in [-0.05, 0) is 12.8 Å². The SMILES string of the molecule is CCC(O)(CC)CNCCN1CCNC1=O. The van der Waals surface area contributed by atoms with Gasteiger partial charge >= 0.3 is 6.03 Å². The zero-order chi connectivity index (χ0) is 12.0. The first-order valence-corrected chi connectivity index (χ1v) is 6.07. The molecule has 0 aromatic heterocycles. The van der Waals surface area contributed by atoms with Crippen molar-refractivity contribution >= 4 is 6.03 Å². The van der Waals surface area contributed by atoms with Gasteiger partial charge in [-0.3, -0.25) is 0 Å². The number of nitrogens with one attached hydrogen (secondary N) is 2. The molecule has 2 amide bonds. The van der Waals surface area contributed by atoms with E-state index in [1.54, 1.807) is 4.90 Å². The Morgan fingerprint density at radius 3 is 2.69 bits per heavy atom. The standard InChI is InChI=1S/C11H23N3O2/c1-3-11(16,4-2)9-12-5-7-14-8-6-13-10(14)15/h12,16H,3-9H2,1-2H3,(H,13,15). The average Bonchev–Trinajstić information content (AvgIpc) is 2.70. The van der Waals surface area contributed by atoms with Crippen LogP contribution in [0.3, 0.4) is 0 Å². The minimum absolute atomic E-state index is 0.0167. The van der Waals surface area contributed by atoms with Crippen molar-refractivity contribution in [2.45, 2.75) is 32.3 Å². The molecule has 0 atom stereocenters. The molecule has 1 heterocycles. The van der Waals surface area contributed by atoms with Crippen LogP contribution in [0.1, 0.15) is 26.7 Å². The molecule has 5 nitrogen and oxygen atoms in total. The Labute approximate surface area is 97.2 Å². The van der Waals surface area contributed by atoms with Gasteiger partial charge in [0.1, 0.15) is 0 Å². The second-order valence-corrected chi connectivity index (χ2v) is 4.33. The van der Waals surface area contributed by atoms with Crippen LogP contribution < -0.4 is 10.6 Å². The lowest BCUT2D eigenvalue weighted by atomic mass is 9.98.